The molecule has 0 atom stereocenters. The van der Waals surface area contributed by atoms with E-state index in [4.69, 9.17) is 4.98 Å². The van der Waals surface area contributed by atoms with Crippen molar-refractivity contribution in [3.63, 3.8) is 0 Å². The van der Waals surface area contributed by atoms with Crippen LogP contribution in [0.2, 0.25) is 0 Å². The first-order valence-corrected chi connectivity index (χ1v) is 13.3. The molecule has 4 aromatic carbocycles. The van der Waals surface area contributed by atoms with Gasteiger partial charge in [0.05, 0.1) is 22.8 Å². The molecule has 0 bridgehead atoms. The van der Waals surface area contributed by atoms with E-state index in [0.29, 0.717) is 0 Å². The first-order valence-electron chi connectivity index (χ1n) is 13.3. The Morgan fingerprint density at radius 2 is 1.00 bits per heavy atom. The Labute approximate surface area is 231 Å². The van der Waals surface area contributed by atoms with Crippen LogP contribution in [-0.2, 0) is 0 Å². The van der Waals surface area contributed by atoms with Crippen LogP contribution in [0.5, 0.6) is 0 Å². The van der Waals surface area contributed by atoms with E-state index < -0.39 is 0 Å². The van der Waals surface area contributed by atoms with Crippen LogP contribution in [0, 0.1) is 0 Å². The minimum Gasteiger partial charge on any atom is -0.264 e. The SMILES string of the molecule is c1ccc(-c2cc(-c3ccc4ccc5c(-c6cccnc6)ccc6ccc3c4c65)cc(-c3ccccn3)n2)nc1. The monoisotopic (exact) mass is 510 g/mol. The van der Waals surface area contributed by atoms with E-state index in [1.165, 1.54) is 37.9 Å². The molecule has 0 unspecified atom stereocenters. The molecule has 4 nitrogen and oxygen atoms in total. The molecule has 0 N–H and O–H groups in total. The van der Waals surface area contributed by atoms with E-state index in [0.717, 1.165) is 39.5 Å². The van der Waals surface area contributed by atoms with Gasteiger partial charge in [-0.1, -0.05) is 66.7 Å². The number of hydrogen-bond donors (Lipinski definition) is 0. The fraction of sp³-hybridized carbons (Fsp3) is 0. The molecule has 0 radical (unpaired) electrons. The van der Waals surface area contributed by atoms with Crippen molar-refractivity contribution in [3.05, 3.63) is 134 Å². The summed E-state index contributed by atoms with van der Waals surface area (Å²) in [5, 5.41) is 7.46. The van der Waals surface area contributed by atoms with Crippen molar-refractivity contribution >= 4 is 32.3 Å². The van der Waals surface area contributed by atoms with E-state index in [-0.39, 0.29) is 0 Å². The number of hydrogen-bond acceptors (Lipinski definition) is 4. The summed E-state index contributed by atoms with van der Waals surface area (Å²) in [6.45, 7) is 0. The van der Waals surface area contributed by atoms with E-state index in [1.807, 2.05) is 54.9 Å². The van der Waals surface area contributed by atoms with Gasteiger partial charge < -0.3 is 0 Å². The summed E-state index contributed by atoms with van der Waals surface area (Å²) in [5.74, 6) is 0. The van der Waals surface area contributed by atoms with Crippen molar-refractivity contribution in [1.82, 2.24) is 19.9 Å². The van der Waals surface area contributed by atoms with Crippen LogP contribution in [0.1, 0.15) is 0 Å². The second-order valence-electron chi connectivity index (χ2n) is 9.95. The lowest BCUT2D eigenvalue weighted by atomic mass is 9.87. The van der Waals surface area contributed by atoms with Crippen LogP contribution in [0.25, 0.3) is 77.3 Å². The van der Waals surface area contributed by atoms with Crippen LogP contribution in [0.3, 0.4) is 0 Å². The number of nitrogens with zero attached hydrogens (tertiary/aromatic N) is 4. The molecule has 0 fully saturated rings. The zero-order valence-corrected chi connectivity index (χ0v) is 21.5. The maximum absolute atomic E-state index is 4.98. The van der Waals surface area contributed by atoms with Gasteiger partial charge in [-0.3, -0.25) is 15.0 Å². The van der Waals surface area contributed by atoms with Gasteiger partial charge in [0.2, 0.25) is 0 Å². The van der Waals surface area contributed by atoms with Crippen molar-refractivity contribution in [2.45, 2.75) is 0 Å². The van der Waals surface area contributed by atoms with E-state index in [2.05, 4.69) is 81.7 Å². The summed E-state index contributed by atoms with van der Waals surface area (Å²) in [4.78, 5) is 18.5. The van der Waals surface area contributed by atoms with Crippen LogP contribution in [0.4, 0.5) is 0 Å². The van der Waals surface area contributed by atoms with Gasteiger partial charge in [0.1, 0.15) is 0 Å². The lowest BCUT2D eigenvalue weighted by molar-refractivity contribution is 1.22. The molecule has 4 aromatic heterocycles. The first kappa shape index (κ1) is 22.5. The molecule has 0 aliphatic heterocycles. The quantitative estimate of drug-likeness (QED) is 0.222. The Hall–Kier alpha value is -5.48. The van der Waals surface area contributed by atoms with Crippen molar-refractivity contribution in [2.24, 2.45) is 0 Å². The Bertz CT molecular complexity index is 2080. The minimum absolute atomic E-state index is 0.823. The van der Waals surface area contributed by atoms with Crippen molar-refractivity contribution in [1.29, 1.82) is 0 Å². The Balaban J connectivity index is 1.41. The standard InChI is InChI=1S/C36H22N4/c1-3-18-38-31(7-1)33-20-26(21-34(40-33)32-8-2-4-19-39-32)28-14-10-24-11-15-29-27(25-6-5-17-37-22-25)13-9-23-12-16-30(28)36(24)35(23)29/h1-22H. The average Bonchev–Trinajstić information content (AvgIpc) is 3.04. The molecule has 0 saturated heterocycles. The van der Waals surface area contributed by atoms with Crippen LogP contribution >= 0.6 is 0 Å². The third-order valence-electron chi connectivity index (χ3n) is 7.63. The van der Waals surface area contributed by atoms with E-state index >= 15 is 0 Å². The summed E-state index contributed by atoms with van der Waals surface area (Å²) in [5.41, 5.74) is 7.87. The van der Waals surface area contributed by atoms with Crippen LogP contribution in [0.15, 0.2) is 134 Å². The first-order chi connectivity index (χ1) is 19.8. The highest BCUT2D eigenvalue weighted by Crippen LogP contribution is 2.42. The molecule has 186 valence electrons. The lowest BCUT2D eigenvalue weighted by Crippen LogP contribution is -1.95. The van der Waals surface area contributed by atoms with Gasteiger partial charge in [0, 0.05) is 30.4 Å². The fourth-order valence-corrected chi connectivity index (χ4v) is 5.80. The predicted molar refractivity (Wildman–Crippen MR) is 163 cm³/mol. The van der Waals surface area contributed by atoms with Gasteiger partial charge in [0.25, 0.3) is 0 Å². The van der Waals surface area contributed by atoms with Gasteiger partial charge in [-0.25, -0.2) is 4.98 Å². The second-order valence-corrected chi connectivity index (χ2v) is 9.95. The molecule has 0 spiro atoms. The zero-order valence-electron chi connectivity index (χ0n) is 21.5. The molecule has 0 aliphatic carbocycles. The highest BCUT2D eigenvalue weighted by atomic mass is 14.8. The molecule has 4 heteroatoms. The molecular weight excluding hydrogens is 488 g/mol. The van der Waals surface area contributed by atoms with Gasteiger partial charge in [0.15, 0.2) is 0 Å². The fourth-order valence-electron chi connectivity index (χ4n) is 5.80. The maximum atomic E-state index is 4.98. The molecule has 0 aliphatic rings. The van der Waals surface area contributed by atoms with Crippen molar-refractivity contribution < 1.29 is 0 Å². The van der Waals surface area contributed by atoms with Crippen LogP contribution < -0.4 is 0 Å². The molecule has 4 heterocycles. The predicted octanol–water partition coefficient (Wildman–Crippen LogP) is 8.83. The summed E-state index contributed by atoms with van der Waals surface area (Å²) >= 11 is 0. The van der Waals surface area contributed by atoms with Gasteiger partial charge >= 0.3 is 0 Å². The molecule has 40 heavy (non-hydrogen) atoms. The minimum atomic E-state index is 0.823. The normalized spacial score (nSPS) is 11.5. The number of pyridine rings is 4. The second kappa shape index (κ2) is 9.07. The molecule has 8 rings (SSSR count). The van der Waals surface area contributed by atoms with Crippen LogP contribution in [-0.4, -0.2) is 19.9 Å². The Morgan fingerprint density at radius 1 is 0.425 bits per heavy atom. The van der Waals surface area contributed by atoms with E-state index in [1.54, 1.807) is 12.4 Å². The smallest absolute Gasteiger partial charge is 0.0900 e. The highest BCUT2D eigenvalue weighted by molar-refractivity contribution is 6.27. The average molecular weight is 511 g/mol. The molecule has 0 amide bonds. The third kappa shape index (κ3) is 3.62. The summed E-state index contributed by atoms with van der Waals surface area (Å²) in [6.07, 6.45) is 7.37. The summed E-state index contributed by atoms with van der Waals surface area (Å²) in [6, 6.07) is 38.1. The number of aromatic nitrogens is 4. The Morgan fingerprint density at radius 3 is 1.52 bits per heavy atom. The lowest BCUT2D eigenvalue weighted by Gasteiger charge is -2.17. The van der Waals surface area contributed by atoms with Gasteiger partial charge in [-0.2, -0.15) is 0 Å². The van der Waals surface area contributed by atoms with Gasteiger partial charge in [-0.15, -0.1) is 0 Å². The molecular formula is C36H22N4. The van der Waals surface area contributed by atoms with Gasteiger partial charge in [-0.05, 0) is 91.5 Å². The summed E-state index contributed by atoms with van der Waals surface area (Å²) in [7, 11) is 0. The highest BCUT2D eigenvalue weighted by Gasteiger charge is 2.17. The molecule has 0 saturated carbocycles. The maximum Gasteiger partial charge on any atom is 0.0900 e. The third-order valence-corrected chi connectivity index (χ3v) is 7.63. The Kier molecular flexibility index (Phi) is 5.10. The van der Waals surface area contributed by atoms with E-state index in [9.17, 15) is 0 Å². The largest absolute Gasteiger partial charge is 0.264 e. The van der Waals surface area contributed by atoms with Crippen molar-refractivity contribution in [3.8, 4) is 45.0 Å². The van der Waals surface area contributed by atoms with Crippen molar-refractivity contribution in [2.75, 3.05) is 0 Å². The number of rotatable bonds is 4. The molecule has 8 aromatic rings. The zero-order chi connectivity index (χ0) is 26.5. The summed E-state index contributed by atoms with van der Waals surface area (Å²) < 4.78 is 0. The number of benzene rings is 4. The topological polar surface area (TPSA) is 51.6 Å².